The second-order valence-electron chi connectivity index (χ2n) is 6.67. The summed E-state index contributed by atoms with van der Waals surface area (Å²) in [4.78, 5) is 24.7. The Morgan fingerprint density at radius 1 is 1.28 bits per heavy atom. The summed E-state index contributed by atoms with van der Waals surface area (Å²) in [6.07, 6.45) is 6.65. The van der Waals surface area contributed by atoms with E-state index in [2.05, 4.69) is 22.5 Å². The molecule has 0 unspecified atom stereocenters. The summed E-state index contributed by atoms with van der Waals surface area (Å²) in [6.45, 7) is 2.22. The second-order valence-corrected chi connectivity index (χ2v) is 6.67. The van der Waals surface area contributed by atoms with Gasteiger partial charge in [0.25, 0.3) is 11.5 Å². The second kappa shape index (κ2) is 7.59. The lowest BCUT2D eigenvalue weighted by Gasteiger charge is -2.22. The molecule has 0 atom stereocenters. The average molecular weight is 340 g/mol. The molecule has 0 saturated heterocycles. The first kappa shape index (κ1) is 17.3. The van der Waals surface area contributed by atoms with Crippen LogP contribution in [0.4, 0.5) is 0 Å². The fraction of sp³-hybridized carbons (Fsp3) is 0.474. The molecule has 0 radical (unpaired) electrons. The molecular formula is C19H24N4O2. The Balaban J connectivity index is 1.77. The summed E-state index contributed by atoms with van der Waals surface area (Å²) >= 11 is 0. The Bertz CT molecular complexity index is 859. The molecule has 0 bridgehead atoms. The predicted octanol–water partition coefficient (Wildman–Crippen LogP) is 3.01. The number of hydrazone groups is 1. The Labute approximate surface area is 146 Å². The summed E-state index contributed by atoms with van der Waals surface area (Å²) in [5.41, 5.74) is 3.67. The van der Waals surface area contributed by atoms with Crippen LogP contribution in [-0.4, -0.2) is 21.4 Å². The van der Waals surface area contributed by atoms with E-state index in [0.29, 0.717) is 10.8 Å². The van der Waals surface area contributed by atoms with Gasteiger partial charge in [-0.05, 0) is 37.7 Å². The first-order valence-corrected chi connectivity index (χ1v) is 8.92. The summed E-state index contributed by atoms with van der Waals surface area (Å²) in [5, 5.41) is 9.46. The highest BCUT2D eigenvalue weighted by Gasteiger charge is 2.18. The Hall–Kier alpha value is -2.50. The third-order valence-corrected chi connectivity index (χ3v) is 4.87. The molecule has 1 aliphatic carbocycles. The molecule has 1 aliphatic rings. The van der Waals surface area contributed by atoms with Gasteiger partial charge in [-0.3, -0.25) is 9.59 Å². The number of benzene rings is 1. The van der Waals surface area contributed by atoms with Crippen molar-refractivity contribution in [1.29, 1.82) is 0 Å². The van der Waals surface area contributed by atoms with Gasteiger partial charge in [0.2, 0.25) is 0 Å². The quantitative estimate of drug-likeness (QED) is 0.869. The molecule has 3 rings (SSSR count). The minimum atomic E-state index is -0.380. The Morgan fingerprint density at radius 3 is 2.64 bits per heavy atom. The first-order valence-electron chi connectivity index (χ1n) is 8.92. The van der Waals surface area contributed by atoms with Gasteiger partial charge in [-0.15, -0.1) is 0 Å². The van der Waals surface area contributed by atoms with E-state index in [9.17, 15) is 9.59 Å². The lowest BCUT2D eigenvalue weighted by atomic mass is 9.85. The van der Waals surface area contributed by atoms with E-state index < -0.39 is 0 Å². The molecule has 0 aliphatic heterocycles. The monoisotopic (exact) mass is 340 g/mol. The number of carbonyl (C=O) groups is 1. The van der Waals surface area contributed by atoms with Crippen LogP contribution in [0.2, 0.25) is 0 Å². The molecule has 6 nitrogen and oxygen atoms in total. The maximum absolute atomic E-state index is 12.5. The number of amides is 1. The fourth-order valence-electron chi connectivity index (χ4n) is 3.47. The van der Waals surface area contributed by atoms with Crippen molar-refractivity contribution in [3.8, 4) is 0 Å². The molecule has 25 heavy (non-hydrogen) atoms. The van der Waals surface area contributed by atoms with Crippen molar-refractivity contribution >= 4 is 22.4 Å². The van der Waals surface area contributed by atoms with Crippen molar-refractivity contribution in [2.75, 3.05) is 0 Å². The molecule has 2 aromatic rings. The third-order valence-electron chi connectivity index (χ3n) is 4.87. The molecule has 0 spiro atoms. The maximum Gasteiger partial charge on any atom is 0.292 e. The van der Waals surface area contributed by atoms with Gasteiger partial charge >= 0.3 is 0 Å². The molecule has 1 N–H and O–H groups in total. The van der Waals surface area contributed by atoms with Crippen molar-refractivity contribution < 1.29 is 4.79 Å². The van der Waals surface area contributed by atoms with E-state index in [1.807, 2.05) is 0 Å². The summed E-state index contributed by atoms with van der Waals surface area (Å²) in [7, 11) is 1.55. The third kappa shape index (κ3) is 3.78. The highest BCUT2D eigenvalue weighted by molar-refractivity contribution is 6.05. The van der Waals surface area contributed by atoms with E-state index in [-0.39, 0.29) is 17.2 Å². The van der Waals surface area contributed by atoms with Crippen LogP contribution in [0.25, 0.3) is 10.8 Å². The standard InChI is InChI=1S/C19H24N4O2/c1-3-6-13-9-11-14(12-10-13)20-21-18(24)17-15-7-4-5-8-16(15)19(25)23(2)22-17/h4-5,7-8,13H,3,6,9-12H2,1-2H3,(H,21,24). The van der Waals surface area contributed by atoms with Crippen LogP contribution >= 0.6 is 0 Å². The number of hydrogen-bond acceptors (Lipinski definition) is 4. The van der Waals surface area contributed by atoms with Crippen molar-refractivity contribution in [1.82, 2.24) is 15.2 Å². The van der Waals surface area contributed by atoms with E-state index in [4.69, 9.17) is 0 Å². The van der Waals surface area contributed by atoms with Gasteiger partial charge in [-0.1, -0.05) is 38.0 Å². The van der Waals surface area contributed by atoms with E-state index in [1.54, 1.807) is 31.3 Å². The van der Waals surface area contributed by atoms with Crippen LogP contribution < -0.4 is 11.0 Å². The van der Waals surface area contributed by atoms with Crippen LogP contribution in [0.5, 0.6) is 0 Å². The fourth-order valence-corrected chi connectivity index (χ4v) is 3.47. The van der Waals surface area contributed by atoms with E-state index >= 15 is 0 Å². The van der Waals surface area contributed by atoms with Gasteiger partial charge < -0.3 is 0 Å². The van der Waals surface area contributed by atoms with Crippen LogP contribution in [0.3, 0.4) is 0 Å². The molecular weight excluding hydrogens is 316 g/mol. The van der Waals surface area contributed by atoms with Crippen molar-refractivity contribution in [2.24, 2.45) is 18.1 Å². The number of rotatable bonds is 4. The molecule has 1 aromatic carbocycles. The molecule has 1 heterocycles. The smallest absolute Gasteiger partial charge is 0.267 e. The lowest BCUT2D eigenvalue weighted by molar-refractivity contribution is 0.0949. The zero-order valence-corrected chi connectivity index (χ0v) is 14.8. The van der Waals surface area contributed by atoms with Gasteiger partial charge in [-0.2, -0.15) is 10.2 Å². The van der Waals surface area contributed by atoms with Gasteiger partial charge in [0.1, 0.15) is 0 Å². The minimum absolute atomic E-state index is 0.215. The first-order chi connectivity index (χ1) is 12.1. The number of nitrogens with one attached hydrogen (secondary N) is 1. The molecule has 132 valence electrons. The molecule has 1 saturated carbocycles. The highest BCUT2D eigenvalue weighted by atomic mass is 16.2. The average Bonchev–Trinajstić information content (AvgIpc) is 2.64. The number of aryl methyl sites for hydroxylation is 1. The number of carbonyl (C=O) groups excluding carboxylic acids is 1. The Kier molecular flexibility index (Phi) is 5.26. The summed E-state index contributed by atoms with van der Waals surface area (Å²) in [6, 6.07) is 7.01. The summed E-state index contributed by atoms with van der Waals surface area (Å²) in [5.74, 6) is 0.406. The largest absolute Gasteiger partial charge is 0.292 e. The van der Waals surface area contributed by atoms with Gasteiger partial charge in [0.15, 0.2) is 5.69 Å². The molecule has 6 heteroatoms. The van der Waals surface area contributed by atoms with E-state index in [1.165, 1.54) is 17.5 Å². The number of nitrogens with zero attached hydrogens (tertiary/aromatic N) is 3. The van der Waals surface area contributed by atoms with Gasteiger partial charge in [0, 0.05) is 18.1 Å². The van der Waals surface area contributed by atoms with Crippen molar-refractivity contribution in [3.05, 3.63) is 40.3 Å². The zero-order chi connectivity index (χ0) is 17.8. The lowest BCUT2D eigenvalue weighted by Crippen LogP contribution is -2.28. The van der Waals surface area contributed by atoms with Gasteiger partial charge in [0.05, 0.1) is 5.39 Å². The van der Waals surface area contributed by atoms with Crippen LogP contribution in [0.1, 0.15) is 55.9 Å². The summed E-state index contributed by atoms with van der Waals surface area (Å²) < 4.78 is 1.19. The molecule has 1 fully saturated rings. The zero-order valence-electron chi connectivity index (χ0n) is 14.8. The topological polar surface area (TPSA) is 76.3 Å². The molecule has 1 amide bonds. The van der Waals surface area contributed by atoms with E-state index in [0.717, 1.165) is 37.3 Å². The molecule has 1 aromatic heterocycles. The van der Waals surface area contributed by atoms with Crippen LogP contribution in [0, 0.1) is 5.92 Å². The number of aromatic nitrogens is 2. The number of hydrogen-bond donors (Lipinski definition) is 1. The van der Waals surface area contributed by atoms with Crippen molar-refractivity contribution in [3.63, 3.8) is 0 Å². The normalized spacial score (nSPS) is 17.5. The maximum atomic E-state index is 12.5. The van der Waals surface area contributed by atoms with Crippen molar-refractivity contribution in [2.45, 2.75) is 45.4 Å². The predicted molar refractivity (Wildman–Crippen MR) is 98.8 cm³/mol. The van der Waals surface area contributed by atoms with Gasteiger partial charge in [-0.25, -0.2) is 10.1 Å². The Morgan fingerprint density at radius 2 is 1.96 bits per heavy atom. The van der Waals surface area contributed by atoms with Crippen LogP contribution in [-0.2, 0) is 7.05 Å². The van der Waals surface area contributed by atoms with Crippen LogP contribution in [0.15, 0.2) is 34.2 Å². The number of fused-ring (bicyclic) bond motifs is 1. The highest BCUT2D eigenvalue weighted by Crippen LogP contribution is 2.25. The SMILES string of the molecule is CCCC1CCC(=NNC(=O)c2nn(C)c(=O)c3ccccc23)CC1. The minimum Gasteiger partial charge on any atom is -0.267 e.